The van der Waals surface area contributed by atoms with Crippen molar-refractivity contribution in [3.8, 4) is 0 Å². The molecule has 0 aliphatic rings. The van der Waals surface area contributed by atoms with Gasteiger partial charge in [-0.3, -0.25) is 0 Å². The van der Waals surface area contributed by atoms with Gasteiger partial charge in [-0.2, -0.15) is 10.3 Å². The first-order valence-corrected chi connectivity index (χ1v) is 6.71. The van der Waals surface area contributed by atoms with Crippen LogP contribution in [-0.4, -0.2) is 21.7 Å². The maximum absolute atomic E-state index is 3.99. The normalized spacial score (nSPS) is 10.5. The van der Waals surface area contributed by atoms with Crippen LogP contribution >= 0.6 is 23.5 Å². The first kappa shape index (κ1) is 10.6. The van der Waals surface area contributed by atoms with Gasteiger partial charge in [0.2, 0.25) is 0 Å². The molecule has 1 N–H and O–H groups in total. The molecule has 0 saturated heterocycles. The Hall–Kier alpha value is -0.940. The number of nitrogens with one attached hydrogen (secondary N) is 1. The molecule has 1 heterocycles. The van der Waals surface area contributed by atoms with Crippen molar-refractivity contribution in [2.24, 2.45) is 0 Å². The molecule has 78 valence electrons. The highest BCUT2D eigenvalue weighted by Crippen LogP contribution is 2.21. The summed E-state index contributed by atoms with van der Waals surface area (Å²) in [4.78, 5) is 1.30. The molecule has 0 amide bonds. The Balaban J connectivity index is 1.93. The molecule has 2 rings (SSSR count). The molecule has 0 radical (unpaired) electrons. The number of aromatic amines is 1. The number of rotatable bonds is 4. The Morgan fingerprint density at radius 2 is 2.07 bits per heavy atom. The highest BCUT2D eigenvalue weighted by atomic mass is 32.2. The van der Waals surface area contributed by atoms with E-state index in [-0.39, 0.29) is 0 Å². The molecule has 0 atom stereocenters. The van der Waals surface area contributed by atoms with E-state index in [9.17, 15) is 0 Å². The third kappa shape index (κ3) is 3.00. The van der Waals surface area contributed by atoms with Gasteiger partial charge in [-0.15, -0.1) is 16.9 Å². The summed E-state index contributed by atoms with van der Waals surface area (Å²) >= 11 is 3.44. The zero-order valence-electron chi connectivity index (χ0n) is 8.30. The minimum absolute atomic E-state index is 0.932. The predicted molar refractivity (Wildman–Crippen MR) is 64.2 cm³/mol. The molecule has 1 aromatic heterocycles. The van der Waals surface area contributed by atoms with E-state index in [1.807, 2.05) is 0 Å². The van der Waals surface area contributed by atoms with Crippen molar-refractivity contribution in [1.29, 1.82) is 0 Å². The minimum atomic E-state index is 0.932. The number of nitrogens with zero attached hydrogens (tertiary/aromatic N) is 2. The summed E-state index contributed by atoms with van der Waals surface area (Å²) in [7, 11) is 0. The van der Waals surface area contributed by atoms with Gasteiger partial charge in [-0.05, 0) is 24.0 Å². The first-order chi connectivity index (χ1) is 7.38. The van der Waals surface area contributed by atoms with Crippen LogP contribution in [0.5, 0.6) is 0 Å². The number of hydrogen-bond donors (Lipinski definition) is 1. The van der Waals surface area contributed by atoms with Crippen LogP contribution in [0.1, 0.15) is 5.56 Å². The summed E-state index contributed by atoms with van der Waals surface area (Å²) in [6.45, 7) is 0. The average Bonchev–Trinajstić information content (AvgIpc) is 2.80. The lowest BCUT2D eigenvalue weighted by molar-refractivity contribution is 0.911. The summed E-state index contributed by atoms with van der Waals surface area (Å²) in [6, 6.07) is 8.59. The maximum atomic E-state index is 3.99. The third-order valence-electron chi connectivity index (χ3n) is 1.94. The van der Waals surface area contributed by atoms with Crippen LogP contribution in [0.15, 0.2) is 40.4 Å². The topological polar surface area (TPSA) is 41.6 Å². The van der Waals surface area contributed by atoms with Crippen molar-refractivity contribution in [1.82, 2.24) is 15.4 Å². The fourth-order valence-corrected chi connectivity index (χ4v) is 2.29. The minimum Gasteiger partial charge on any atom is -0.197 e. The zero-order valence-corrected chi connectivity index (χ0v) is 9.94. The lowest BCUT2D eigenvalue weighted by Gasteiger charge is -2.00. The van der Waals surface area contributed by atoms with Gasteiger partial charge >= 0.3 is 0 Å². The van der Waals surface area contributed by atoms with Gasteiger partial charge < -0.3 is 0 Å². The molecule has 0 saturated carbocycles. The van der Waals surface area contributed by atoms with E-state index >= 15 is 0 Å². The Morgan fingerprint density at radius 3 is 2.67 bits per heavy atom. The molecule has 5 heteroatoms. The number of thioether (sulfide) groups is 2. The van der Waals surface area contributed by atoms with Crippen molar-refractivity contribution >= 4 is 23.5 Å². The summed E-state index contributed by atoms with van der Waals surface area (Å²) < 4.78 is 0. The fourth-order valence-electron chi connectivity index (χ4n) is 1.14. The molecule has 3 nitrogen and oxygen atoms in total. The Kier molecular flexibility index (Phi) is 3.69. The van der Waals surface area contributed by atoms with Crippen LogP contribution < -0.4 is 0 Å². The monoisotopic (exact) mass is 237 g/mol. The van der Waals surface area contributed by atoms with Crippen molar-refractivity contribution < 1.29 is 0 Å². The second kappa shape index (κ2) is 5.23. The standard InChI is InChI=1S/C10H11N3S2/c1-14-9-4-2-8(3-5-9)7-15-10-6-11-13-12-10/h2-6H,7H2,1H3,(H,11,12,13). The predicted octanol–water partition coefficient (Wildman–Crippen LogP) is 2.82. The third-order valence-corrected chi connectivity index (χ3v) is 3.65. The van der Waals surface area contributed by atoms with Crippen molar-refractivity contribution in [3.63, 3.8) is 0 Å². The van der Waals surface area contributed by atoms with Crippen LogP contribution in [0.4, 0.5) is 0 Å². The van der Waals surface area contributed by atoms with Gasteiger partial charge in [0, 0.05) is 10.6 Å². The van der Waals surface area contributed by atoms with E-state index in [4.69, 9.17) is 0 Å². The number of hydrogen-bond acceptors (Lipinski definition) is 4. The van der Waals surface area contributed by atoms with E-state index in [1.165, 1.54) is 10.5 Å². The SMILES string of the molecule is CSc1ccc(CSc2cn[nH]n2)cc1. The number of benzene rings is 1. The molecule has 0 fully saturated rings. The summed E-state index contributed by atoms with van der Waals surface area (Å²) in [5, 5.41) is 11.3. The Morgan fingerprint density at radius 1 is 1.27 bits per heavy atom. The quantitative estimate of drug-likeness (QED) is 0.830. The van der Waals surface area contributed by atoms with Crippen LogP contribution in [0.3, 0.4) is 0 Å². The van der Waals surface area contributed by atoms with Gasteiger partial charge in [0.15, 0.2) is 0 Å². The van der Waals surface area contributed by atoms with Crippen molar-refractivity contribution in [2.75, 3.05) is 6.26 Å². The summed E-state index contributed by atoms with van der Waals surface area (Å²) in [5.74, 6) is 0.932. The lowest BCUT2D eigenvalue weighted by Crippen LogP contribution is -1.80. The molecule has 1 aromatic carbocycles. The molecule has 2 aromatic rings. The van der Waals surface area contributed by atoms with Crippen LogP contribution in [0, 0.1) is 0 Å². The average molecular weight is 237 g/mol. The lowest BCUT2D eigenvalue weighted by atomic mass is 10.2. The van der Waals surface area contributed by atoms with Gasteiger partial charge in [0.05, 0.1) is 6.20 Å². The second-order valence-corrected chi connectivity index (χ2v) is 4.82. The number of H-pyrrole nitrogens is 1. The van der Waals surface area contributed by atoms with E-state index in [2.05, 4.69) is 45.9 Å². The van der Waals surface area contributed by atoms with Gasteiger partial charge in [-0.1, -0.05) is 23.9 Å². The first-order valence-electron chi connectivity index (χ1n) is 4.50. The Labute approximate surface area is 97.0 Å². The maximum Gasteiger partial charge on any atom is 0.139 e. The molecular weight excluding hydrogens is 226 g/mol. The van der Waals surface area contributed by atoms with E-state index in [1.54, 1.807) is 29.7 Å². The van der Waals surface area contributed by atoms with E-state index in [0.717, 1.165) is 10.8 Å². The smallest absolute Gasteiger partial charge is 0.139 e. The second-order valence-electron chi connectivity index (χ2n) is 2.94. The fraction of sp³-hybridized carbons (Fsp3) is 0.200. The van der Waals surface area contributed by atoms with Gasteiger partial charge in [0.1, 0.15) is 5.03 Å². The van der Waals surface area contributed by atoms with Gasteiger partial charge in [-0.25, -0.2) is 0 Å². The van der Waals surface area contributed by atoms with Crippen LogP contribution in [0.25, 0.3) is 0 Å². The van der Waals surface area contributed by atoms with Gasteiger partial charge in [0.25, 0.3) is 0 Å². The van der Waals surface area contributed by atoms with E-state index in [0.29, 0.717) is 0 Å². The highest BCUT2D eigenvalue weighted by Gasteiger charge is 1.98. The number of aromatic nitrogens is 3. The molecule has 0 unspecified atom stereocenters. The van der Waals surface area contributed by atoms with Crippen LogP contribution in [-0.2, 0) is 5.75 Å². The summed E-state index contributed by atoms with van der Waals surface area (Å²) in [5.41, 5.74) is 1.31. The van der Waals surface area contributed by atoms with E-state index < -0.39 is 0 Å². The highest BCUT2D eigenvalue weighted by molar-refractivity contribution is 7.98. The molecule has 0 spiro atoms. The summed E-state index contributed by atoms with van der Waals surface area (Å²) in [6.07, 6.45) is 3.82. The molecular formula is C10H11N3S2. The largest absolute Gasteiger partial charge is 0.197 e. The van der Waals surface area contributed by atoms with Crippen molar-refractivity contribution in [3.05, 3.63) is 36.0 Å². The molecule has 0 bridgehead atoms. The molecule has 0 aliphatic heterocycles. The van der Waals surface area contributed by atoms with Crippen LogP contribution in [0.2, 0.25) is 0 Å². The zero-order chi connectivity index (χ0) is 10.5. The molecule has 0 aliphatic carbocycles. The van der Waals surface area contributed by atoms with Crippen molar-refractivity contribution in [2.45, 2.75) is 15.7 Å². The Bertz CT molecular complexity index is 397. The molecule has 15 heavy (non-hydrogen) atoms.